The van der Waals surface area contributed by atoms with Crippen LogP contribution in [0.1, 0.15) is 53.6 Å². The first-order valence-corrected chi connectivity index (χ1v) is 14.9. The van der Waals surface area contributed by atoms with E-state index < -0.39 is 11.8 Å². The number of nitriles is 1. The van der Waals surface area contributed by atoms with Crippen LogP contribution >= 0.6 is 0 Å². The first-order valence-electron chi connectivity index (χ1n) is 14.9. The highest BCUT2D eigenvalue weighted by Gasteiger charge is 2.54. The zero-order valence-electron chi connectivity index (χ0n) is 23.5. The molecule has 2 spiro atoms. The summed E-state index contributed by atoms with van der Waals surface area (Å²) in [5, 5.41) is 13.0. The van der Waals surface area contributed by atoms with Crippen LogP contribution in [0, 0.1) is 16.7 Å². The summed E-state index contributed by atoms with van der Waals surface area (Å²) in [4.78, 5) is 26.8. The molecule has 4 saturated heterocycles. The van der Waals surface area contributed by atoms with E-state index in [0.717, 1.165) is 54.0 Å². The predicted molar refractivity (Wildman–Crippen MR) is 151 cm³/mol. The third kappa shape index (κ3) is 3.71. The van der Waals surface area contributed by atoms with Gasteiger partial charge in [-0.15, -0.1) is 0 Å². The van der Waals surface area contributed by atoms with E-state index >= 15 is 0 Å². The monoisotopic (exact) mass is 571 g/mol. The van der Waals surface area contributed by atoms with Crippen LogP contribution in [0.5, 0.6) is 6.01 Å². The average molecular weight is 572 g/mol. The van der Waals surface area contributed by atoms with Crippen molar-refractivity contribution in [1.29, 1.82) is 5.26 Å². The lowest BCUT2D eigenvalue weighted by Crippen LogP contribution is -2.60. The number of anilines is 2. The van der Waals surface area contributed by atoms with Crippen molar-refractivity contribution < 1.29 is 18.7 Å². The molecule has 0 saturated carbocycles. The summed E-state index contributed by atoms with van der Waals surface area (Å²) in [6, 6.07) is 6.31. The second-order valence-electron chi connectivity index (χ2n) is 12.9. The lowest BCUT2D eigenvalue weighted by atomic mass is 9.76. The number of ether oxygens (including phenoxy) is 2. The molecule has 1 amide bonds. The van der Waals surface area contributed by atoms with Crippen molar-refractivity contribution in [2.45, 2.75) is 62.4 Å². The lowest BCUT2D eigenvalue weighted by molar-refractivity contribution is -0.128. The molecule has 3 atom stereocenters. The van der Waals surface area contributed by atoms with Crippen LogP contribution in [0.2, 0.25) is 0 Å². The van der Waals surface area contributed by atoms with Gasteiger partial charge in [0, 0.05) is 55.8 Å². The number of nitrogens with two attached hydrogens (primary N) is 1. The molecule has 10 nitrogen and oxygen atoms in total. The SMILES string of the molecule is N#Cc1c(N)ccc2c1C1(C=CC2)Cc2nc(OCC34CCCN3CC(F)C4)nc(N3CC4(CCNC4=O)C3)c2CO1. The molecule has 5 aliphatic heterocycles. The maximum Gasteiger partial charge on any atom is 0.318 e. The zero-order valence-corrected chi connectivity index (χ0v) is 23.5. The van der Waals surface area contributed by atoms with Crippen molar-refractivity contribution in [2.24, 2.45) is 5.41 Å². The van der Waals surface area contributed by atoms with Gasteiger partial charge in [-0.1, -0.05) is 18.2 Å². The Labute approximate surface area is 243 Å². The summed E-state index contributed by atoms with van der Waals surface area (Å²) in [7, 11) is 0. The lowest BCUT2D eigenvalue weighted by Gasteiger charge is -2.48. The van der Waals surface area contributed by atoms with E-state index in [-0.39, 0.29) is 29.5 Å². The summed E-state index contributed by atoms with van der Waals surface area (Å²) in [5.74, 6) is 0.820. The molecule has 1 aromatic heterocycles. The number of rotatable bonds is 4. The van der Waals surface area contributed by atoms with Gasteiger partial charge in [-0.25, -0.2) is 4.39 Å². The molecule has 0 bridgehead atoms. The number of hydrogen-bond donors (Lipinski definition) is 2. The highest BCUT2D eigenvalue weighted by molar-refractivity contribution is 5.88. The number of nitrogens with one attached hydrogen (secondary N) is 1. The fourth-order valence-corrected chi connectivity index (χ4v) is 8.28. The molecule has 6 aliphatic rings. The third-order valence-corrected chi connectivity index (χ3v) is 10.4. The Hall–Kier alpha value is -3.75. The Morgan fingerprint density at radius 3 is 2.98 bits per heavy atom. The first kappa shape index (κ1) is 25.9. The zero-order chi connectivity index (χ0) is 28.7. The number of hydrogen-bond acceptors (Lipinski definition) is 9. The molecule has 1 aromatic carbocycles. The van der Waals surface area contributed by atoms with Crippen LogP contribution in [0.4, 0.5) is 15.9 Å². The number of nitrogen functional groups attached to an aromatic ring is 1. The van der Waals surface area contributed by atoms with Gasteiger partial charge >= 0.3 is 6.01 Å². The van der Waals surface area contributed by atoms with Crippen molar-refractivity contribution in [3.63, 3.8) is 0 Å². The van der Waals surface area contributed by atoms with Gasteiger partial charge in [0.25, 0.3) is 0 Å². The Balaban J connectivity index is 1.17. The summed E-state index contributed by atoms with van der Waals surface area (Å²) < 4.78 is 27.4. The Bertz CT molecular complexity index is 1570. The van der Waals surface area contributed by atoms with Gasteiger partial charge < -0.3 is 25.4 Å². The second-order valence-corrected chi connectivity index (χ2v) is 12.9. The number of aromatic nitrogens is 2. The summed E-state index contributed by atoms with van der Waals surface area (Å²) >= 11 is 0. The minimum Gasteiger partial charge on any atom is -0.461 e. The number of carbonyl (C=O) groups excluding carboxylic acids is 1. The Morgan fingerprint density at radius 2 is 2.17 bits per heavy atom. The smallest absolute Gasteiger partial charge is 0.318 e. The van der Waals surface area contributed by atoms with E-state index in [0.29, 0.717) is 63.3 Å². The molecule has 0 radical (unpaired) electrons. The maximum absolute atomic E-state index is 14.4. The highest BCUT2D eigenvalue weighted by Crippen LogP contribution is 2.48. The molecule has 42 heavy (non-hydrogen) atoms. The number of fused-ring (bicyclic) bond motifs is 4. The van der Waals surface area contributed by atoms with Crippen LogP contribution in [-0.4, -0.2) is 71.8 Å². The van der Waals surface area contributed by atoms with Crippen LogP contribution in [0.25, 0.3) is 0 Å². The second kappa shape index (κ2) is 9.12. The van der Waals surface area contributed by atoms with E-state index in [1.807, 2.05) is 12.1 Å². The van der Waals surface area contributed by atoms with Gasteiger partial charge in [0.05, 0.1) is 28.8 Å². The minimum atomic E-state index is -0.890. The maximum atomic E-state index is 14.4. The summed E-state index contributed by atoms with van der Waals surface area (Å²) in [6.07, 6.45) is 7.53. The molecule has 6 heterocycles. The fraction of sp³-hybridized carbons (Fsp3) is 0.548. The van der Waals surface area contributed by atoms with Gasteiger partial charge in [-0.2, -0.15) is 15.2 Å². The first-order chi connectivity index (χ1) is 20.3. The molecular weight excluding hydrogens is 537 g/mol. The van der Waals surface area contributed by atoms with E-state index in [1.165, 1.54) is 0 Å². The van der Waals surface area contributed by atoms with E-state index in [4.69, 9.17) is 25.2 Å². The number of halogens is 1. The minimum absolute atomic E-state index is 0.0985. The van der Waals surface area contributed by atoms with Crippen molar-refractivity contribution in [2.75, 3.05) is 50.0 Å². The Kier molecular flexibility index (Phi) is 5.63. The molecule has 218 valence electrons. The number of allylic oxidation sites excluding steroid dienone is 1. The average Bonchev–Trinajstić information content (AvgIpc) is 3.62. The van der Waals surface area contributed by atoms with Crippen LogP contribution in [-0.2, 0) is 34.6 Å². The number of nitrogens with zero attached hydrogens (tertiary/aromatic N) is 5. The molecule has 2 aromatic rings. The topological polar surface area (TPSA) is 130 Å². The van der Waals surface area contributed by atoms with E-state index in [1.54, 1.807) is 6.07 Å². The van der Waals surface area contributed by atoms with Crippen molar-refractivity contribution in [3.8, 4) is 12.1 Å². The molecular formula is C31H34FN7O3. The molecule has 3 N–H and O–H groups in total. The summed E-state index contributed by atoms with van der Waals surface area (Å²) in [5.41, 5.74) is 8.99. The number of amides is 1. The summed E-state index contributed by atoms with van der Waals surface area (Å²) in [6.45, 7) is 3.75. The van der Waals surface area contributed by atoms with Crippen molar-refractivity contribution >= 4 is 17.4 Å². The van der Waals surface area contributed by atoms with Crippen LogP contribution < -0.4 is 20.7 Å². The fourth-order valence-electron chi connectivity index (χ4n) is 8.28. The van der Waals surface area contributed by atoms with Crippen molar-refractivity contribution in [3.05, 3.63) is 52.2 Å². The van der Waals surface area contributed by atoms with Gasteiger partial charge in [-0.05, 0) is 43.9 Å². The van der Waals surface area contributed by atoms with E-state index in [2.05, 4.69) is 27.3 Å². The highest BCUT2D eigenvalue weighted by atomic mass is 19.1. The van der Waals surface area contributed by atoms with Crippen LogP contribution in [0.15, 0.2) is 24.3 Å². The number of carbonyl (C=O) groups is 1. The van der Waals surface area contributed by atoms with Gasteiger partial charge in [-0.3, -0.25) is 9.69 Å². The quantitative estimate of drug-likeness (QED) is 0.419. The van der Waals surface area contributed by atoms with Gasteiger partial charge in [0.2, 0.25) is 5.91 Å². The third-order valence-electron chi connectivity index (χ3n) is 10.4. The molecule has 3 unspecified atom stereocenters. The van der Waals surface area contributed by atoms with Gasteiger partial charge in [0.15, 0.2) is 0 Å². The predicted octanol–water partition coefficient (Wildman–Crippen LogP) is 2.29. The Morgan fingerprint density at radius 1 is 1.29 bits per heavy atom. The standard InChI is InChI=1S/C31H34FN7O3/c32-20-11-30(6-2-10-39(30)14-20)18-41-28-36-24-12-31(7-1-3-19-4-5-23(34)21(13-33)25(19)31)42-15-22(24)26(37-28)38-16-29(17-38)8-9-35-27(29)40/h1,4-5,7,20H,2-3,6,8-12,14-18,34H2,(H,35,40). The van der Waals surface area contributed by atoms with E-state index in [9.17, 15) is 14.4 Å². The number of alkyl halides is 1. The molecule has 11 heteroatoms. The van der Waals surface area contributed by atoms with Gasteiger partial charge in [0.1, 0.15) is 30.3 Å². The normalized spacial score (nSPS) is 30.5. The molecule has 4 fully saturated rings. The molecule has 8 rings (SSSR count). The molecule has 1 aliphatic carbocycles. The van der Waals surface area contributed by atoms with Crippen molar-refractivity contribution in [1.82, 2.24) is 20.2 Å². The number of benzene rings is 1. The largest absolute Gasteiger partial charge is 0.461 e. The van der Waals surface area contributed by atoms with Crippen LogP contribution in [0.3, 0.4) is 0 Å².